The maximum atomic E-state index is 13.6. The molecular weight excluding hydrogens is 708 g/mol. The number of ether oxygens (including phenoxy) is 6. The third-order valence-electron chi connectivity index (χ3n) is 9.29. The summed E-state index contributed by atoms with van der Waals surface area (Å²) in [5.41, 5.74) is 2.73. The fraction of sp³-hybridized carbons (Fsp3) is 0.686. The molecule has 0 aromatic heterocycles. The summed E-state index contributed by atoms with van der Waals surface area (Å²) >= 11 is 0. The van der Waals surface area contributed by atoms with Gasteiger partial charge in [0, 0.05) is 0 Å². The highest BCUT2D eigenvalue weighted by atomic mass is 16.8. The number of benzene rings is 1. The van der Waals surface area contributed by atoms with E-state index in [0.29, 0.717) is 11.1 Å². The van der Waals surface area contributed by atoms with Crippen molar-refractivity contribution < 1.29 is 89.4 Å². The molecule has 0 bridgehead atoms. The minimum atomic E-state index is -2.40. The van der Waals surface area contributed by atoms with Crippen molar-refractivity contribution in [1.29, 1.82) is 0 Å². The fourth-order valence-electron chi connectivity index (χ4n) is 6.10. The number of aliphatic hydroxyl groups excluding tert-OH is 11. The Labute approximate surface area is 305 Å². The van der Waals surface area contributed by atoms with E-state index in [1.807, 2.05) is 39.8 Å². The summed E-state index contributed by atoms with van der Waals surface area (Å²) in [4.78, 5) is 13.6. The summed E-state index contributed by atoms with van der Waals surface area (Å²) in [5.74, 6) is -3.11. The third-order valence-corrected chi connectivity index (χ3v) is 9.29. The van der Waals surface area contributed by atoms with Crippen molar-refractivity contribution in [2.24, 2.45) is 0 Å². The van der Waals surface area contributed by atoms with E-state index >= 15 is 0 Å². The SMILES string of the molecule is CC(C)=CCc1cc(C(=O)OC[C@H]2O[C@H](O[C@@]3(CO)O[C@H](CO)[C@H](O)[C@@H]3O)[C@H](O)[C@H](O)[C@@H]2O)cc(CC=C(C)C)c1O[C@@H]1O[C@H](CO)[C@@H](O)[C@@H](O)[C@H]1O. The van der Waals surface area contributed by atoms with Gasteiger partial charge in [0.2, 0.25) is 12.1 Å². The molecule has 1 aromatic carbocycles. The standard InChI is InChI=1S/C35H52O18/c1-15(2)5-7-17-9-19(10-18(8-6-16(3)4)30(17)51-33-28(44)26(42)23(39)20(11-36)49-33)32(47)48-13-22-24(40)27(43)29(45)34(50-22)53-35(14-38)31(46)25(41)21(12-37)52-35/h5-6,9-10,20-29,31,33-34,36-46H,7-8,11-14H2,1-4H3/t20-,21-,22-,23-,24-,25+,26-,27-,28-,29-,31+,33+,34-,35-/m1/s1. The Morgan fingerprint density at radius 1 is 0.698 bits per heavy atom. The van der Waals surface area contributed by atoms with Crippen molar-refractivity contribution in [3.8, 4) is 5.75 Å². The number of carbonyl (C=O) groups excluding carboxylic acids is 1. The molecule has 0 spiro atoms. The zero-order valence-corrected chi connectivity index (χ0v) is 29.8. The minimum Gasteiger partial charge on any atom is -0.461 e. The highest BCUT2D eigenvalue weighted by molar-refractivity contribution is 5.90. The first-order valence-corrected chi connectivity index (χ1v) is 17.2. The molecule has 1 aromatic rings. The average molecular weight is 761 g/mol. The van der Waals surface area contributed by atoms with Crippen LogP contribution in [0.2, 0.25) is 0 Å². The minimum absolute atomic E-state index is 0.0184. The van der Waals surface area contributed by atoms with Crippen LogP contribution in [0.25, 0.3) is 0 Å². The number of allylic oxidation sites excluding steroid dienone is 4. The number of aliphatic hydroxyl groups is 11. The van der Waals surface area contributed by atoms with Crippen LogP contribution in [-0.2, 0) is 36.5 Å². The van der Waals surface area contributed by atoms with Crippen molar-refractivity contribution in [2.75, 3.05) is 26.4 Å². The lowest BCUT2D eigenvalue weighted by Crippen LogP contribution is -2.62. The Kier molecular flexibility index (Phi) is 14.9. The summed E-state index contributed by atoms with van der Waals surface area (Å²) in [7, 11) is 0. The summed E-state index contributed by atoms with van der Waals surface area (Å²) < 4.78 is 33.7. The van der Waals surface area contributed by atoms with Crippen molar-refractivity contribution in [2.45, 2.75) is 126 Å². The lowest BCUT2D eigenvalue weighted by atomic mass is 9.97. The van der Waals surface area contributed by atoms with Gasteiger partial charge in [-0.3, -0.25) is 0 Å². The quantitative estimate of drug-likeness (QED) is 0.0653. The molecule has 4 rings (SSSR count). The van der Waals surface area contributed by atoms with Gasteiger partial charge in [-0.15, -0.1) is 0 Å². The smallest absolute Gasteiger partial charge is 0.338 e. The predicted octanol–water partition coefficient (Wildman–Crippen LogP) is -3.33. The molecule has 18 heteroatoms. The van der Waals surface area contributed by atoms with Crippen LogP contribution in [-0.4, -0.2) is 174 Å². The lowest BCUT2D eigenvalue weighted by molar-refractivity contribution is -0.383. The van der Waals surface area contributed by atoms with E-state index in [0.717, 1.165) is 11.1 Å². The van der Waals surface area contributed by atoms with Crippen LogP contribution in [0.15, 0.2) is 35.4 Å². The number of rotatable bonds is 14. The molecular formula is C35H52O18. The Balaban J connectivity index is 1.60. The molecule has 53 heavy (non-hydrogen) atoms. The van der Waals surface area contributed by atoms with Gasteiger partial charge in [0.1, 0.15) is 86.1 Å². The Morgan fingerprint density at radius 2 is 1.21 bits per heavy atom. The van der Waals surface area contributed by atoms with Crippen molar-refractivity contribution in [3.05, 3.63) is 52.1 Å². The summed E-state index contributed by atoms with van der Waals surface area (Å²) in [6, 6.07) is 2.92. The van der Waals surface area contributed by atoms with E-state index in [1.165, 1.54) is 12.1 Å². The first kappa shape index (κ1) is 43.1. The van der Waals surface area contributed by atoms with E-state index in [-0.39, 0.29) is 24.2 Å². The van der Waals surface area contributed by atoms with Gasteiger partial charge < -0.3 is 84.6 Å². The van der Waals surface area contributed by atoms with Crippen molar-refractivity contribution in [1.82, 2.24) is 0 Å². The van der Waals surface area contributed by atoms with Crippen molar-refractivity contribution in [3.63, 3.8) is 0 Å². The molecule has 3 heterocycles. The first-order chi connectivity index (χ1) is 25.0. The third kappa shape index (κ3) is 9.61. The van der Waals surface area contributed by atoms with E-state index in [2.05, 4.69) is 0 Å². The van der Waals surface area contributed by atoms with E-state index < -0.39 is 118 Å². The van der Waals surface area contributed by atoms with Crippen molar-refractivity contribution >= 4 is 5.97 Å². The number of carbonyl (C=O) groups is 1. The van der Waals surface area contributed by atoms with Crippen LogP contribution >= 0.6 is 0 Å². The lowest BCUT2D eigenvalue weighted by Gasteiger charge is -2.43. The largest absolute Gasteiger partial charge is 0.461 e. The highest BCUT2D eigenvalue weighted by Crippen LogP contribution is 2.37. The van der Waals surface area contributed by atoms with Gasteiger partial charge >= 0.3 is 5.97 Å². The first-order valence-electron chi connectivity index (χ1n) is 17.2. The van der Waals surface area contributed by atoms with Gasteiger partial charge in [0.05, 0.1) is 18.8 Å². The van der Waals surface area contributed by atoms with Gasteiger partial charge in [-0.25, -0.2) is 4.79 Å². The normalized spacial score (nSPS) is 37.2. The zero-order valence-electron chi connectivity index (χ0n) is 29.8. The molecule has 3 saturated heterocycles. The fourth-order valence-corrected chi connectivity index (χ4v) is 6.10. The zero-order chi connectivity index (χ0) is 39.4. The molecule has 0 amide bonds. The monoisotopic (exact) mass is 760 g/mol. The number of esters is 1. The molecule has 3 aliphatic rings. The molecule has 11 N–H and O–H groups in total. The Morgan fingerprint density at radius 3 is 1.70 bits per heavy atom. The molecule has 14 atom stereocenters. The van der Waals surface area contributed by atoms with Crippen LogP contribution in [0, 0.1) is 0 Å². The number of hydrogen-bond acceptors (Lipinski definition) is 18. The number of hydrogen-bond donors (Lipinski definition) is 11. The van der Waals surface area contributed by atoms with Gasteiger partial charge in [-0.05, 0) is 63.8 Å². The van der Waals surface area contributed by atoms with Gasteiger partial charge in [-0.1, -0.05) is 23.3 Å². The van der Waals surface area contributed by atoms with Gasteiger partial charge in [-0.2, -0.15) is 0 Å². The van der Waals surface area contributed by atoms with Crippen LogP contribution in [0.1, 0.15) is 49.2 Å². The predicted molar refractivity (Wildman–Crippen MR) is 179 cm³/mol. The van der Waals surface area contributed by atoms with Crippen LogP contribution < -0.4 is 4.74 Å². The van der Waals surface area contributed by atoms with Gasteiger partial charge in [0.25, 0.3) is 0 Å². The van der Waals surface area contributed by atoms with E-state index in [9.17, 15) is 61.0 Å². The molecule has 0 unspecified atom stereocenters. The molecule has 0 aliphatic carbocycles. The summed E-state index contributed by atoms with van der Waals surface area (Å²) in [6.07, 6.45) is -17.7. The molecule has 0 saturated carbocycles. The van der Waals surface area contributed by atoms with Gasteiger partial charge in [0.15, 0.2) is 6.29 Å². The van der Waals surface area contributed by atoms with Crippen LogP contribution in [0.4, 0.5) is 0 Å². The average Bonchev–Trinajstić information content (AvgIpc) is 3.37. The maximum Gasteiger partial charge on any atom is 0.338 e. The highest BCUT2D eigenvalue weighted by Gasteiger charge is 2.58. The second-order valence-corrected chi connectivity index (χ2v) is 13.9. The summed E-state index contributed by atoms with van der Waals surface area (Å²) in [6.45, 7) is 4.22. The maximum absolute atomic E-state index is 13.6. The molecule has 0 radical (unpaired) electrons. The summed E-state index contributed by atoms with van der Waals surface area (Å²) in [5, 5.41) is 113. The van der Waals surface area contributed by atoms with E-state index in [4.69, 9.17) is 28.4 Å². The van der Waals surface area contributed by atoms with Crippen LogP contribution in [0.3, 0.4) is 0 Å². The second-order valence-electron chi connectivity index (χ2n) is 13.9. The van der Waals surface area contributed by atoms with Crippen LogP contribution in [0.5, 0.6) is 5.75 Å². The Hall–Kier alpha value is -2.63. The Bertz CT molecular complexity index is 1400. The van der Waals surface area contributed by atoms with E-state index in [1.54, 1.807) is 0 Å². The molecule has 300 valence electrons. The molecule has 3 aliphatic heterocycles. The molecule has 3 fully saturated rings. The second kappa shape index (κ2) is 18.3. The molecule has 18 nitrogen and oxygen atoms in total. The topological polar surface area (TPSA) is 295 Å².